The Labute approximate surface area is 149 Å². The Kier molecular flexibility index (Phi) is 5.53. The van der Waals surface area contributed by atoms with E-state index in [9.17, 15) is 9.90 Å². The molecule has 0 aliphatic carbocycles. The van der Waals surface area contributed by atoms with Crippen molar-refractivity contribution in [1.82, 2.24) is 9.88 Å². The Morgan fingerprint density at radius 1 is 1.24 bits per heavy atom. The normalized spacial score (nSPS) is 21.4. The number of aromatic nitrogens is 1. The van der Waals surface area contributed by atoms with E-state index in [0.29, 0.717) is 0 Å². The summed E-state index contributed by atoms with van der Waals surface area (Å²) in [6, 6.07) is 7.53. The number of carboxylic acids is 1. The Bertz CT molecular complexity index is 737. The average molecular weight is 341 g/mol. The molecule has 1 aromatic heterocycles. The maximum atomic E-state index is 11.3. The lowest BCUT2D eigenvalue weighted by molar-refractivity contribution is 0.0698. The second kappa shape index (κ2) is 7.83. The van der Waals surface area contributed by atoms with Crippen LogP contribution in [0, 0.1) is 11.8 Å². The highest BCUT2D eigenvalue weighted by Gasteiger charge is 2.21. The Morgan fingerprint density at radius 3 is 2.60 bits per heavy atom. The van der Waals surface area contributed by atoms with Crippen molar-refractivity contribution in [3.05, 3.63) is 36.0 Å². The average Bonchev–Trinajstić information content (AvgIpc) is 2.57. The number of aromatic carboxylic acids is 1. The molecule has 0 bridgehead atoms. The van der Waals surface area contributed by atoms with E-state index in [-0.39, 0.29) is 5.56 Å². The molecule has 2 atom stereocenters. The van der Waals surface area contributed by atoms with Crippen LogP contribution in [0.15, 0.2) is 30.5 Å². The summed E-state index contributed by atoms with van der Waals surface area (Å²) in [4.78, 5) is 18.2. The van der Waals surface area contributed by atoms with Crippen molar-refractivity contribution in [3.63, 3.8) is 0 Å². The van der Waals surface area contributed by atoms with Crippen LogP contribution in [0.3, 0.4) is 0 Å². The summed E-state index contributed by atoms with van der Waals surface area (Å²) < 4.78 is 0. The Balaban J connectivity index is 1.60. The van der Waals surface area contributed by atoms with Crippen LogP contribution < -0.4 is 5.32 Å². The zero-order chi connectivity index (χ0) is 17.8. The highest BCUT2D eigenvalue weighted by atomic mass is 16.4. The third kappa shape index (κ3) is 4.28. The summed E-state index contributed by atoms with van der Waals surface area (Å²) in [5, 5.41) is 14.3. The topological polar surface area (TPSA) is 65.5 Å². The molecule has 1 aliphatic rings. The number of nitrogens with zero attached hydrogens (tertiary/aromatic N) is 2. The van der Waals surface area contributed by atoms with Crippen molar-refractivity contribution in [1.29, 1.82) is 0 Å². The Morgan fingerprint density at radius 2 is 1.92 bits per heavy atom. The minimum absolute atomic E-state index is 0.248. The molecule has 0 radical (unpaired) electrons. The number of hydrogen-bond donors (Lipinski definition) is 2. The fourth-order valence-corrected chi connectivity index (χ4v) is 3.99. The van der Waals surface area contributed by atoms with Crippen LogP contribution in [0.25, 0.3) is 10.8 Å². The molecule has 3 rings (SSSR count). The number of carboxylic acid groups (broad SMARTS) is 1. The predicted octanol–water partition coefficient (Wildman–Crippen LogP) is 3.71. The maximum Gasteiger partial charge on any atom is 0.337 e. The van der Waals surface area contributed by atoms with Crippen molar-refractivity contribution in [2.45, 2.75) is 26.7 Å². The molecule has 2 heterocycles. The first-order chi connectivity index (χ1) is 12.0. The lowest BCUT2D eigenvalue weighted by Crippen LogP contribution is -2.39. The molecule has 2 N–H and O–H groups in total. The van der Waals surface area contributed by atoms with Gasteiger partial charge in [-0.15, -0.1) is 0 Å². The molecular formula is C20H27N3O2. The van der Waals surface area contributed by atoms with Crippen molar-refractivity contribution in [3.8, 4) is 0 Å². The lowest BCUT2D eigenvalue weighted by atomic mass is 9.92. The van der Waals surface area contributed by atoms with Gasteiger partial charge in [-0.25, -0.2) is 9.78 Å². The van der Waals surface area contributed by atoms with E-state index in [2.05, 4.69) is 29.0 Å². The highest BCUT2D eigenvalue weighted by molar-refractivity contribution is 6.06. The summed E-state index contributed by atoms with van der Waals surface area (Å²) in [6.45, 7) is 8.98. The number of hydrogen-bond acceptors (Lipinski definition) is 4. The van der Waals surface area contributed by atoms with E-state index in [1.807, 2.05) is 24.3 Å². The number of rotatable bonds is 6. The van der Waals surface area contributed by atoms with Crippen molar-refractivity contribution in [2.24, 2.45) is 11.8 Å². The van der Waals surface area contributed by atoms with Crippen LogP contribution in [0.5, 0.6) is 0 Å². The predicted molar refractivity (Wildman–Crippen MR) is 101 cm³/mol. The van der Waals surface area contributed by atoms with E-state index < -0.39 is 5.97 Å². The van der Waals surface area contributed by atoms with Gasteiger partial charge in [-0.05, 0) is 31.2 Å². The number of carbonyl (C=O) groups is 1. The number of benzene rings is 1. The number of likely N-dealkylation sites (tertiary alicyclic amines) is 1. The standard InChI is InChI=1S/C20H27N3O2/c1-14-10-15(2)13-23(12-14)9-5-8-21-19-17-7-4-3-6-16(17)18(11-22-19)20(24)25/h3-4,6-7,11,14-15H,5,8-10,12-13H2,1-2H3,(H,21,22)(H,24,25). The molecule has 2 aromatic rings. The smallest absolute Gasteiger partial charge is 0.337 e. The van der Waals surface area contributed by atoms with E-state index >= 15 is 0 Å². The van der Waals surface area contributed by atoms with Crippen LogP contribution in [0.1, 0.15) is 37.0 Å². The zero-order valence-corrected chi connectivity index (χ0v) is 15.0. The summed E-state index contributed by atoms with van der Waals surface area (Å²) in [7, 11) is 0. The van der Waals surface area contributed by atoms with E-state index in [1.54, 1.807) is 0 Å². The summed E-state index contributed by atoms with van der Waals surface area (Å²) in [6.07, 6.45) is 3.83. The largest absolute Gasteiger partial charge is 0.478 e. The Hall–Kier alpha value is -2.14. The van der Waals surface area contributed by atoms with Crippen molar-refractivity contribution < 1.29 is 9.90 Å². The lowest BCUT2D eigenvalue weighted by Gasteiger charge is -2.34. The summed E-state index contributed by atoms with van der Waals surface area (Å²) in [5.41, 5.74) is 0.248. The van der Waals surface area contributed by atoms with E-state index in [4.69, 9.17) is 0 Å². The number of anilines is 1. The van der Waals surface area contributed by atoms with Crippen LogP contribution in [-0.2, 0) is 0 Å². The van der Waals surface area contributed by atoms with E-state index in [0.717, 1.165) is 47.9 Å². The minimum Gasteiger partial charge on any atom is -0.478 e. The van der Waals surface area contributed by atoms with Crippen molar-refractivity contribution in [2.75, 3.05) is 31.5 Å². The first kappa shape index (κ1) is 17.7. The molecule has 25 heavy (non-hydrogen) atoms. The van der Waals surface area contributed by atoms with Gasteiger partial charge in [0.25, 0.3) is 0 Å². The monoisotopic (exact) mass is 341 g/mol. The van der Waals surface area contributed by atoms with Gasteiger partial charge >= 0.3 is 5.97 Å². The molecule has 1 fully saturated rings. The minimum atomic E-state index is -0.941. The van der Waals surface area contributed by atoms with Gasteiger partial charge < -0.3 is 15.3 Å². The summed E-state index contributed by atoms with van der Waals surface area (Å²) in [5.74, 6) is 1.39. The molecule has 0 spiro atoms. The number of piperidine rings is 1. The molecule has 2 unspecified atom stereocenters. The highest BCUT2D eigenvalue weighted by Crippen LogP contribution is 2.25. The third-order valence-electron chi connectivity index (χ3n) is 4.91. The molecule has 1 aliphatic heterocycles. The van der Waals surface area contributed by atoms with Gasteiger partial charge in [0.1, 0.15) is 5.82 Å². The number of nitrogens with one attached hydrogen (secondary N) is 1. The van der Waals surface area contributed by atoms with Gasteiger partial charge in [0.15, 0.2) is 0 Å². The van der Waals surface area contributed by atoms with Crippen LogP contribution in [0.2, 0.25) is 0 Å². The molecule has 0 amide bonds. The molecular weight excluding hydrogens is 314 g/mol. The van der Waals surface area contributed by atoms with Crippen LogP contribution in [0.4, 0.5) is 5.82 Å². The zero-order valence-electron chi connectivity index (χ0n) is 15.0. The van der Waals surface area contributed by atoms with Gasteiger partial charge in [0.2, 0.25) is 0 Å². The molecule has 1 aromatic carbocycles. The summed E-state index contributed by atoms with van der Waals surface area (Å²) >= 11 is 0. The van der Waals surface area contributed by atoms with Crippen molar-refractivity contribution >= 4 is 22.6 Å². The first-order valence-corrected chi connectivity index (χ1v) is 9.12. The fraction of sp³-hybridized carbons (Fsp3) is 0.500. The molecule has 0 saturated carbocycles. The van der Waals surface area contributed by atoms with Gasteiger partial charge in [0, 0.05) is 36.6 Å². The molecule has 134 valence electrons. The maximum absolute atomic E-state index is 11.3. The third-order valence-corrected chi connectivity index (χ3v) is 4.91. The fourth-order valence-electron chi connectivity index (χ4n) is 3.99. The van der Waals surface area contributed by atoms with Crippen LogP contribution >= 0.6 is 0 Å². The van der Waals surface area contributed by atoms with Gasteiger partial charge in [-0.2, -0.15) is 0 Å². The number of pyridine rings is 1. The second-order valence-electron chi connectivity index (χ2n) is 7.36. The van der Waals surface area contributed by atoms with Crippen LogP contribution in [-0.4, -0.2) is 47.1 Å². The SMILES string of the molecule is CC1CC(C)CN(CCCNc2ncc(C(=O)O)c3ccccc23)C1. The number of fused-ring (bicyclic) bond motifs is 1. The molecule has 5 nitrogen and oxygen atoms in total. The quantitative estimate of drug-likeness (QED) is 0.784. The van der Waals surface area contributed by atoms with E-state index in [1.165, 1.54) is 25.7 Å². The second-order valence-corrected chi connectivity index (χ2v) is 7.36. The van der Waals surface area contributed by atoms with Gasteiger partial charge in [-0.3, -0.25) is 0 Å². The first-order valence-electron chi connectivity index (χ1n) is 9.12. The van der Waals surface area contributed by atoms with Gasteiger partial charge in [-0.1, -0.05) is 38.1 Å². The van der Waals surface area contributed by atoms with Gasteiger partial charge in [0.05, 0.1) is 5.56 Å². The molecule has 5 heteroatoms. The molecule has 1 saturated heterocycles.